The molecule has 0 unspecified atom stereocenters. The average molecular weight is 244 g/mol. The molecule has 1 saturated carbocycles. The maximum absolute atomic E-state index is 12.1. The lowest BCUT2D eigenvalue weighted by atomic mass is 10.1. The van der Waals surface area contributed by atoms with Crippen molar-refractivity contribution in [2.45, 2.75) is 26.3 Å². The van der Waals surface area contributed by atoms with Crippen molar-refractivity contribution in [3.8, 4) is 0 Å². The number of rotatable bonds is 4. The minimum Gasteiger partial charge on any atom is -0.384 e. The number of benzene rings is 1. The van der Waals surface area contributed by atoms with Crippen LogP contribution in [0.4, 0.5) is 5.69 Å². The van der Waals surface area contributed by atoms with Crippen LogP contribution in [0, 0.1) is 11.8 Å². The van der Waals surface area contributed by atoms with Crippen LogP contribution >= 0.6 is 0 Å². The van der Waals surface area contributed by atoms with Gasteiger partial charge in [-0.15, -0.1) is 0 Å². The van der Waals surface area contributed by atoms with Crippen LogP contribution < -0.4 is 5.32 Å². The van der Waals surface area contributed by atoms with Gasteiger partial charge in [-0.3, -0.25) is 4.79 Å². The molecule has 2 aliphatic rings. The average Bonchev–Trinajstić information content (AvgIpc) is 3.08. The third-order valence-electron chi connectivity index (χ3n) is 4.27. The molecule has 3 nitrogen and oxygen atoms in total. The highest BCUT2D eigenvalue weighted by Crippen LogP contribution is 2.41. The molecule has 2 atom stereocenters. The molecule has 0 radical (unpaired) electrons. The summed E-state index contributed by atoms with van der Waals surface area (Å²) in [6.07, 6.45) is 2.62. The molecular weight excluding hydrogens is 224 g/mol. The van der Waals surface area contributed by atoms with E-state index in [1.165, 1.54) is 12.8 Å². The van der Waals surface area contributed by atoms with Gasteiger partial charge in [-0.05, 0) is 29.9 Å². The van der Waals surface area contributed by atoms with Crippen LogP contribution in [0.1, 0.15) is 35.7 Å². The van der Waals surface area contributed by atoms with Crippen LogP contribution in [0.2, 0.25) is 0 Å². The number of anilines is 1. The first-order chi connectivity index (χ1) is 8.70. The minimum absolute atomic E-state index is 0.149. The van der Waals surface area contributed by atoms with Gasteiger partial charge in [0.2, 0.25) is 0 Å². The summed E-state index contributed by atoms with van der Waals surface area (Å²) < 4.78 is 0. The van der Waals surface area contributed by atoms with E-state index >= 15 is 0 Å². The summed E-state index contributed by atoms with van der Waals surface area (Å²) in [5, 5.41) is 3.47. The maximum atomic E-state index is 12.1. The molecule has 1 aromatic rings. The summed E-state index contributed by atoms with van der Waals surface area (Å²) in [5.74, 6) is 1.85. The molecular formula is C15H20N2O. The van der Waals surface area contributed by atoms with E-state index in [2.05, 4.69) is 12.2 Å². The highest BCUT2D eigenvalue weighted by molar-refractivity contribution is 6.03. The summed E-state index contributed by atoms with van der Waals surface area (Å²) in [4.78, 5) is 13.9. The van der Waals surface area contributed by atoms with Crippen molar-refractivity contribution < 1.29 is 4.79 Å². The second-order valence-corrected chi connectivity index (χ2v) is 5.55. The summed E-state index contributed by atoms with van der Waals surface area (Å²) in [7, 11) is 1.86. The largest absolute Gasteiger partial charge is 0.384 e. The summed E-state index contributed by atoms with van der Waals surface area (Å²) in [5.41, 5.74) is 3.05. The Morgan fingerprint density at radius 2 is 2.22 bits per heavy atom. The van der Waals surface area contributed by atoms with Crippen LogP contribution in [0.3, 0.4) is 0 Å². The Morgan fingerprint density at radius 1 is 1.39 bits per heavy atom. The quantitative estimate of drug-likeness (QED) is 0.883. The number of carbonyl (C=O) groups is 1. The van der Waals surface area contributed by atoms with Crippen LogP contribution in [0.25, 0.3) is 0 Å². The Balaban J connectivity index is 1.74. The van der Waals surface area contributed by atoms with Crippen molar-refractivity contribution in [3.63, 3.8) is 0 Å². The Morgan fingerprint density at radius 3 is 2.94 bits per heavy atom. The first-order valence-electron chi connectivity index (χ1n) is 6.82. The summed E-state index contributed by atoms with van der Waals surface area (Å²) in [6, 6.07) is 6.12. The molecule has 18 heavy (non-hydrogen) atoms. The smallest absolute Gasteiger partial charge is 0.256 e. The zero-order chi connectivity index (χ0) is 12.7. The van der Waals surface area contributed by atoms with Crippen molar-refractivity contribution in [2.75, 3.05) is 18.9 Å². The molecule has 1 aliphatic heterocycles. The lowest BCUT2D eigenvalue weighted by Gasteiger charge is -2.10. The lowest BCUT2D eigenvalue weighted by molar-refractivity contribution is 0.0817. The van der Waals surface area contributed by atoms with Gasteiger partial charge in [0.1, 0.15) is 0 Å². The molecule has 0 spiro atoms. The van der Waals surface area contributed by atoms with Crippen molar-refractivity contribution in [3.05, 3.63) is 29.3 Å². The molecule has 1 aromatic carbocycles. The van der Waals surface area contributed by atoms with Gasteiger partial charge in [0.05, 0.1) is 5.56 Å². The Hall–Kier alpha value is -1.51. The standard InChI is InChI=1S/C15H20N2O/c1-3-10-7-12(10)8-16-13-6-4-5-11-9-17(2)15(18)14(11)13/h4-6,10,12,16H,3,7-9H2,1-2H3/t10-,12+/m1/s1. The molecule has 3 rings (SSSR count). The van der Waals surface area contributed by atoms with Gasteiger partial charge in [-0.1, -0.05) is 25.5 Å². The van der Waals surface area contributed by atoms with Gasteiger partial charge < -0.3 is 10.2 Å². The number of hydrogen-bond acceptors (Lipinski definition) is 2. The van der Waals surface area contributed by atoms with Crippen molar-refractivity contribution >= 4 is 11.6 Å². The van der Waals surface area contributed by atoms with Gasteiger partial charge in [0.25, 0.3) is 5.91 Å². The van der Waals surface area contributed by atoms with E-state index in [0.29, 0.717) is 0 Å². The zero-order valence-corrected chi connectivity index (χ0v) is 11.1. The highest BCUT2D eigenvalue weighted by Gasteiger charge is 2.35. The highest BCUT2D eigenvalue weighted by atomic mass is 16.2. The second kappa shape index (κ2) is 4.30. The molecule has 1 heterocycles. The molecule has 0 saturated heterocycles. The summed E-state index contributed by atoms with van der Waals surface area (Å²) in [6.45, 7) is 4.00. The number of nitrogens with one attached hydrogen (secondary N) is 1. The summed E-state index contributed by atoms with van der Waals surface area (Å²) >= 11 is 0. The van der Waals surface area contributed by atoms with E-state index in [1.807, 2.05) is 25.2 Å². The van der Waals surface area contributed by atoms with E-state index < -0.39 is 0 Å². The fourth-order valence-corrected chi connectivity index (χ4v) is 2.95. The fourth-order valence-electron chi connectivity index (χ4n) is 2.95. The minimum atomic E-state index is 0.149. The monoisotopic (exact) mass is 244 g/mol. The Kier molecular flexibility index (Phi) is 2.77. The molecule has 1 fully saturated rings. The maximum Gasteiger partial charge on any atom is 0.256 e. The van der Waals surface area contributed by atoms with Crippen LogP contribution in [0.5, 0.6) is 0 Å². The number of amides is 1. The van der Waals surface area contributed by atoms with Gasteiger partial charge in [-0.25, -0.2) is 0 Å². The first kappa shape index (κ1) is 11.6. The molecule has 96 valence electrons. The van der Waals surface area contributed by atoms with Gasteiger partial charge in [0.15, 0.2) is 0 Å². The van der Waals surface area contributed by atoms with E-state index in [9.17, 15) is 4.79 Å². The van der Waals surface area contributed by atoms with Gasteiger partial charge >= 0.3 is 0 Å². The number of carbonyl (C=O) groups excluding carboxylic acids is 1. The predicted molar refractivity (Wildman–Crippen MR) is 72.6 cm³/mol. The number of nitrogens with zero attached hydrogens (tertiary/aromatic N) is 1. The molecule has 3 heteroatoms. The van der Waals surface area contributed by atoms with E-state index in [1.54, 1.807) is 4.90 Å². The van der Waals surface area contributed by atoms with Gasteiger partial charge in [0, 0.05) is 25.8 Å². The van der Waals surface area contributed by atoms with Crippen molar-refractivity contribution in [2.24, 2.45) is 11.8 Å². The number of hydrogen-bond donors (Lipinski definition) is 1. The SMILES string of the molecule is CC[C@@H]1C[C@H]1CNc1cccc2c1C(=O)N(C)C2. The van der Waals surface area contributed by atoms with E-state index in [-0.39, 0.29) is 5.91 Å². The normalized spacial score (nSPS) is 25.2. The van der Waals surface area contributed by atoms with Crippen LogP contribution in [-0.4, -0.2) is 24.4 Å². The number of fused-ring (bicyclic) bond motifs is 1. The first-order valence-corrected chi connectivity index (χ1v) is 6.82. The zero-order valence-electron chi connectivity index (χ0n) is 11.1. The van der Waals surface area contributed by atoms with Crippen LogP contribution in [0.15, 0.2) is 18.2 Å². The third kappa shape index (κ3) is 1.88. The molecule has 1 amide bonds. The molecule has 1 aliphatic carbocycles. The Labute approximate surface area is 108 Å². The molecule has 1 N–H and O–H groups in total. The van der Waals surface area contributed by atoms with E-state index in [0.717, 1.165) is 41.7 Å². The lowest BCUT2D eigenvalue weighted by Crippen LogP contribution is -2.18. The van der Waals surface area contributed by atoms with Crippen molar-refractivity contribution in [1.29, 1.82) is 0 Å². The van der Waals surface area contributed by atoms with Crippen LogP contribution in [-0.2, 0) is 6.54 Å². The molecule has 0 aromatic heterocycles. The predicted octanol–water partition coefficient (Wildman–Crippen LogP) is 2.73. The molecule has 0 bridgehead atoms. The Bertz CT molecular complexity index is 483. The van der Waals surface area contributed by atoms with E-state index in [4.69, 9.17) is 0 Å². The van der Waals surface area contributed by atoms with Gasteiger partial charge in [-0.2, -0.15) is 0 Å². The topological polar surface area (TPSA) is 32.3 Å². The van der Waals surface area contributed by atoms with Crippen molar-refractivity contribution in [1.82, 2.24) is 4.90 Å². The third-order valence-corrected chi connectivity index (χ3v) is 4.27. The second-order valence-electron chi connectivity index (χ2n) is 5.55. The fraction of sp³-hybridized carbons (Fsp3) is 0.533.